The monoisotopic (exact) mass is 1350 g/mol. The van der Waals surface area contributed by atoms with Crippen molar-refractivity contribution >= 4 is 66.6 Å². The van der Waals surface area contributed by atoms with Crippen LogP contribution in [0.4, 0.5) is 22.9 Å². The molecule has 0 unspecified atom stereocenters. The van der Waals surface area contributed by atoms with Gasteiger partial charge in [0.2, 0.25) is 0 Å². The third-order valence-electron chi connectivity index (χ3n) is 17.6. The molecule has 11 aromatic carbocycles. The molecule has 0 radical (unpaired) electrons. The van der Waals surface area contributed by atoms with Crippen molar-refractivity contribution in [2.24, 2.45) is 0 Å². The van der Waals surface area contributed by atoms with Gasteiger partial charge in [-0.15, -0.1) is 48.1 Å². The number of benzene rings is 11. The molecule has 0 atom stereocenters. The molecule has 0 aliphatic carbocycles. The van der Waals surface area contributed by atoms with Gasteiger partial charge in [-0.25, -0.2) is 9.97 Å². The fourth-order valence-electron chi connectivity index (χ4n) is 12.8. The van der Waals surface area contributed by atoms with Crippen LogP contribution in [0.3, 0.4) is 0 Å². The molecule has 1 aliphatic rings. The van der Waals surface area contributed by atoms with Crippen molar-refractivity contribution in [3.8, 4) is 84.1 Å². The molecule has 7 nitrogen and oxygen atoms in total. The molecule has 4 aromatic heterocycles. The molecule has 0 fully saturated rings. The summed E-state index contributed by atoms with van der Waals surface area (Å²) in [5.41, 5.74) is 22.4. The summed E-state index contributed by atoms with van der Waals surface area (Å²) in [7, 11) is 0. The molecule has 91 heavy (non-hydrogen) atoms. The number of pyridine rings is 2. The van der Waals surface area contributed by atoms with Crippen LogP contribution in [0.15, 0.2) is 272 Å². The van der Waals surface area contributed by atoms with E-state index in [1.54, 1.807) is 0 Å². The Morgan fingerprint density at radius 2 is 0.978 bits per heavy atom. The maximum Gasteiger partial charge on any atom is 0.161 e. The molecule has 0 saturated heterocycles. The summed E-state index contributed by atoms with van der Waals surface area (Å²) in [6.45, 7) is 13.1. The minimum absolute atomic E-state index is 0. The van der Waals surface area contributed by atoms with Crippen molar-refractivity contribution in [1.82, 2.24) is 14.5 Å². The summed E-state index contributed by atoms with van der Waals surface area (Å²) >= 11 is 0. The van der Waals surface area contributed by atoms with E-state index >= 15 is 0 Å². The first-order valence-corrected chi connectivity index (χ1v) is 30.6. The van der Waals surface area contributed by atoms with Crippen molar-refractivity contribution in [2.45, 2.75) is 40.0 Å². The Bertz CT molecular complexity index is 5010. The molecule has 442 valence electrons. The maximum absolute atomic E-state index is 7.01. The second kappa shape index (κ2) is 23.1. The average Bonchev–Trinajstić information content (AvgIpc) is 2.11. The molecule has 0 saturated carbocycles. The zero-order chi connectivity index (χ0) is 60.6. The van der Waals surface area contributed by atoms with E-state index in [0.29, 0.717) is 22.9 Å². The zero-order valence-corrected chi connectivity index (χ0v) is 53.1. The first kappa shape index (κ1) is 56.9. The Morgan fingerprint density at radius 3 is 1.56 bits per heavy atom. The van der Waals surface area contributed by atoms with Gasteiger partial charge in [0.05, 0.1) is 5.69 Å². The number of para-hydroxylation sites is 2. The van der Waals surface area contributed by atoms with E-state index in [0.717, 1.165) is 139 Å². The van der Waals surface area contributed by atoms with Crippen LogP contribution in [0.2, 0.25) is 0 Å². The van der Waals surface area contributed by atoms with Gasteiger partial charge in [-0.3, -0.25) is 0 Å². The van der Waals surface area contributed by atoms with Crippen LogP contribution in [0.1, 0.15) is 37.5 Å². The van der Waals surface area contributed by atoms with Crippen LogP contribution in [0.5, 0.6) is 11.5 Å². The summed E-state index contributed by atoms with van der Waals surface area (Å²) < 4.78 is 16.2. The van der Waals surface area contributed by atoms with Crippen LogP contribution in [0.25, 0.3) is 116 Å². The van der Waals surface area contributed by atoms with Gasteiger partial charge in [-0.1, -0.05) is 196 Å². The Kier molecular flexibility index (Phi) is 14.4. The molecular formula is C83H60N5O2Pt-3. The molecule has 0 bridgehead atoms. The van der Waals surface area contributed by atoms with Gasteiger partial charge < -0.3 is 23.5 Å². The smallest absolute Gasteiger partial charge is 0.161 e. The van der Waals surface area contributed by atoms with Crippen LogP contribution >= 0.6 is 0 Å². The van der Waals surface area contributed by atoms with Crippen molar-refractivity contribution in [3.05, 3.63) is 303 Å². The summed E-state index contributed by atoms with van der Waals surface area (Å²) in [6.07, 6.45) is 3.91. The van der Waals surface area contributed by atoms with E-state index in [4.69, 9.17) is 19.1 Å². The largest absolute Gasteiger partial charge is 0.509 e. The molecule has 0 spiro atoms. The van der Waals surface area contributed by atoms with E-state index in [1.165, 1.54) is 5.56 Å². The fourth-order valence-corrected chi connectivity index (χ4v) is 12.8. The number of fused-ring (bicyclic) bond motifs is 8. The number of nitrogens with zero attached hydrogens (tertiary/aromatic N) is 5. The van der Waals surface area contributed by atoms with Crippen LogP contribution < -0.4 is 14.5 Å². The predicted octanol–water partition coefficient (Wildman–Crippen LogP) is 22.2. The number of ether oxygens (including phenoxy) is 1. The van der Waals surface area contributed by atoms with Crippen LogP contribution in [-0.2, 0) is 26.5 Å². The normalized spacial score (nSPS) is 12.3. The van der Waals surface area contributed by atoms with Crippen molar-refractivity contribution in [2.75, 3.05) is 9.80 Å². The van der Waals surface area contributed by atoms with E-state index in [1.807, 2.05) is 48.8 Å². The standard InChI is InChI=1S/C83H60N5O2.Pt/c1-53-40-78(84-50-54(53)2)88-75-39-36-65(83(3,4)5)47-73(75)71-38-37-68(49-76(71)88)89-67-31-20-30-66(48-67)86-52-87(82-80(86)81-74(51-85-82)72-32-18-19-35-77(72)90-81)79-69(63-43-59(55-22-10-6-11-23-55)41-60(44-63)56-24-12-7-13-25-56)33-21-34-70(79)64-45-61(57-26-14-8-15-27-57)42-62(46-64)58-28-16-9-17-29-58;/h6-47,50-52H,1-5H3;/q-3;. The summed E-state index contributed by atoms with van der Waals surface area (Å²) in [5.74, 6) is 2.59. The number of furan rings is 1. The molecule has 5 heterocycles. The van der Waals surface area contributed by atoms with E-state index in [9.17, 15) is 0 Å². The number of hydrogen-bond donors (Lipinski definition) is 0. The van der Waals surface area contributed by atoms with Gasteiger partial charge in [0, 0.05) is 78.1 Å². The SMILES string of the molecule is Cc1cnc(-n2c3[c-]c(Oc4[c-]c(N5[CH-]N(c6c(-c7cc(-c8ccccc8)cc(-c8ccccc8)c7)cccc6-c6cc(-c7ccccc7)cc(-c7ccccc7)c6)c6ncc7c(oc8ccccc87)c65)ccc4)ccc3c3cc(C(C)(C)C)ccc32)cc1C.[Pt]. The number of hydrogen-bond acceptors (Lipinski definition) is 6. The number of aromatic nitrogens is 3. The Hall–Kier alpha value is -10.6. The van der Waals surface area contributed by atoms with Crippen LogP contribution in [0, 0.1) is 32.6 Å². The summed E-state index contributed by atoms with van der Waals surface area (Å²) in [4.78, 5) is 14.9. The third-order valence-corrected chi connectivity index (χ3v) is 17.6. The van der Waals surface area contributed by atoms with Crippen LogP contribution in [-0.4, -0.2) is 14.5 Å². The predicted molar refractivity (Wildman–Crippen MR) is 370 cm³/mol. The second-order valence-electron chi connectivity index (χ2n) is 24.4. The summed E-state index contributed by atoms with van der Waals surface area (Å²) in [5, 5.41) is 4.09. The van der Waals surface area contributed by atoms with E-state index in [2.05, 4.69) is 286 Å². The maximum atomic E-state index is 7.01. The molecule has 15 aromatic rings. The average molecular weight is 1350 g/mol. The van der Waals surface area contributed by atoms with Crippen molar-refractivity contribution in [3.63, 3.8) is 0 Å². The van der Waals surface area contributed by atoms with Gasteiger partial charge in [-0.05, 0) is 152 Å². The number of aryl methyl sites for hydroxylation is 2. The van der Waals surface area contributed by atoms with Gasteiger partial charge in [0.15, 0.2) is 5.58 Å². The third kappa shape index (κ3) is 10.4. The molecule has 16 rings (SSSR count). The van der Waals surface area contributed by atoms with Crippen molar-refractivity contribution < 1.29 is 30.2 Å². The van der Waals surface area contributed by atoms with Gasteiger partial charge in [0.25, 0.3) is 0 Å². The number of anilines is 4. The van der Waals surface area contributed by atoms with E-state index in [-0.39, 0.29) is 26.5 Å². The molecular weight excluding hydrogens is 1290 g/mol. The Labute approximate surface area is 544 Å². The molecule has 0 N–H and O–H groups in total. The van der Waals surface area contributed by atoms with Gasteiger partial charge >= 0.3 is 0 Å². The Morgan fingerprint density at radius 1 is 0.429 bits per heavy atom. The first-order valence-electron chi connectivity index (χ1n) is 30.6. The quantitative estimate of drug-likeness (QED) is 0.120. The Balaban J connectivity index is 0.00000689. The first-order chi connectivity index (χ1) is 44.0. The topological polar surface area (TPSA) is 59.6 Å². The van der Waals surface area contributed by atoms with Gasteiger partial charge in [-0.2, -0.15) is 12.1 Å². The minimum atomic E-state index is -0.0423. The summed E-state index contributed by atoms with van der Waals surface area (Å²) in [6, 6.07) is 98.0. The molecule has 0 amide bonds. The van der Waals surface area contributed by atoms with Crippen molar-refractivity contribution in [1.29, 1.82) is 0 Å². The molecule has 8 heteroatoms. The zero-order valence-electron chi connectivity index (χ0n) is 50.8. The fraction of sp³-hybridized carbons (Fsp3) is 0.0723. The molecule has 1 aliphatic heterocycles. The number of rotatable bonds is 11. The van der Waals surface area contributed by atoms with E-state index < -0.39 is 0 Å². The van der Waals surface area contributed by atoms with Gasteiger partial charge in [0.1, 0.15) is 17.2 Å². The minimum Gasteiger partial charge on any atom is -0.509 e. The second-order valence-corrected chi connectivity index (χ2v) is 24.4.